The molecule has 23 heavy (non-hydrogen) atoms. The molecule has 1 aromatic carbocycles. The average Bonchev–Trinajstić information content (AvgIpc) is 3.03. The Balaban J connectivity index is 1.76. The molecule has 2 rings (SSSR count). The maximum atomic E-state index is 12.1. The molecule has 0 spiro atoms. The lowest BCUT2D eigenvalue weighted by Gasteiger charge is -2.17. The van der Waals surface area contributed by atoms with Gasteiger partial charge >= 0.3 is 0 Å². The van der Waals surface area contributed by atoms with Crippen LogP contribution in [0.25, 0.3) is 0 Å². The highest BCUT2D eigenvalue weighted by Gasteiger charge is 2.14. The predicted molar refractivity (Wildman–Crippen MR) is 93.0 cm³/mol. The molecule has 126 valence electrons. The molecule has 0 heterocycles. The lowest BCUT2D eigenvalue weighted by Crippen LogP contribution is -2.45. The largest absolute Gasteiger partial charge is 0.355 e. The zero-order valence-corrected chi connectivity index (χ0v) is 14.4. The molecular weight excluding hydrogens is 312 g/mol. The number of nitrogens with one attached hydrogen (secondary N) is 3. The van der Waals surface area contributed by atoms with E-state index in [1.54, 1.807) is 31.3 Å². The lowest BCUT2D eigenvalue weighted by atomic mass is 10.2. The monoisotopic (exact) mass is 336 g/mol. The van der Waals surface area contributed by atoms with Gasteiger partial charge in [-0.05, 0) is 31.9 Å². The number of hydrogen-bond acceptors (Lipinski definition) is 3. The van der Waals surface area contributed by atoms with Gasteiger partial charge in [-0.2, -0.15) is 0 Å². The highest BCUT2D eigenvalue weighted by Crippen LogP contribution is 2.09. The summed E-state index contributed by atoms with van der Waals surface area (Å²) in [6.45, 7) is 2.68. The van der Waals surface area contributed by atoms with Crippen LogP contribution in [-0.2, 0) is 10.0 Å². The van der Waals surface area contributed by atoms with E-state index in [0.29, 0.717) is 25.1 Å². The van der Waals surface area contributed by atoms with Crippen LogP contribution in [0.2, 0.25) is 0 Å². The summed E-state index contributed by atoms with van der Waals surface area (Å²) in [7, 11) is -1.76. The minimum atomic E-state index is -3.46. The van der Waals surface area contributed by atoms with E-state index >= 15 is 0 Å². The first-order valence-electron chi connectivity index (χ1n) is 7.70. The molecule has 0 aliphatic heterocycles. The second-order valence-electron chi connectivity index (χ2n) is 5.49. The molecule has 6 nitrogen and oxygen atoms in total. The van der Waals surface area contributed by atoms with Gasteiger partial charge in [0.15, 0.2) is 5.96 Å². The number of aryl methyl sites for hydroxylation is 1. The van der Waals surface area contributed by atoms with Gasteiger partial charge in [0.2, 0.25) is 10.0 Å². The van der Waals surface area contributed by atoms with Crippen LogP contribution >= 0.6 is 0 Å². The molecule has 3 N–H and O–H groups in total. The first-order valence-corrected chi connectivity index (χ1v) is 9.18. The molecule has 7 heteroatoms. The number of sulfonamides is 1. The van der Waals surface area contributed by atoms with E-state index < -0.39 is 10.0 Å². The van der Waals surface area contributed by atoms with Crippen LogP contribution in [0.1, 0.15) is 18.4 Å². The summed E-state index contributed by atoms with van der Waals surface area (Å²) >= 11 is 0. The van der Waals surface area contributed by atoms with Crippen LogP contribution in [0.4, 0.5) is 0 Å². The first kappa shape index (κ1) is 17.5. The summed E-state index contributed by atoms with van der Waals surface area (Å²) in [5, 5.41) is 6.41. The summed E-state index contributed by atoms with van der Waals surface area (Å²) in [6, 6.07) is 7.16. The smallest absolute Gasteiger partial charge is 0.240 e. The van der Waals surface area contributed by atoms with Crippen LogP contribution in [0.5, 0.6) is 0 Å². The third kappa shape index (κ3) is 5.37. The van der Waals surface area contributed by atoms with E-state index in [4.69, 9.17) is 0 Å². The Morgan fingerprint density at radius 1 is 1.17 bits per heavy atom. The number of hydrogen-bond donors (Lipinski definition) is 3. The van der Waals surface area contributed by atoms with Gasteiger partial charge in [0.1, 0.15) is 0 Å². The van der Waals surface area contributed by atoms with Crippen molar-refractivity contribution in [1.29, 1.82) is 0 Å². The van der Waals surface area contributed by atoms with E-state index in [2.05, 4.69) is 32.5 Å². The number of guanidine groups is 1. The molecule has 0 atom stereocenters. The normalized spacial score (nSPS) is 15.8. The zero-order valence-electron chi connectivity index (χ0n) is 13.5. The highest BCUT2D eigenvalue weighted by molar-refractivity contribution is 7.89. The van der Waals surface area contributed by atoms with Gasteiger partial charge in [0.25, 0.3) is 0 Å². The fraction of sp³-hybridized carbons (Fsp3) is 0.438. The Morgan fingerprint density at radius 2 is 1.83 bits per heavy atom. The van der Waals surface area contributed by atoms with Crippen molar-refractivity contribution in [3.05, 3.63) is 42.0 Å². The van der Waals surface area contributed by atoms with Gasteiger partial charge in [0, 0.05) is 26.2 Å². The quantitative estimate of drug-likeness (QED) is 0.315. The number of nitrogens with zero attached hydrogens (tertiary/aromatic N) is 1. The van der Waals surface area contributed by atoms with Crippen molar-refractivity contribution in [3.63, 3.8) is 0 Å². The maximum Gasteiger partial charge on any atom is 0.240 e. The number of aliphatic imine (C=N–C) groups is 1. The third-order valence-corrected chi connectivity index (χ3v) is 5.09. The van der Waals surface area contributed by atoms with Crippen LogP contribution < -0.4 is 15.4 Å². The topological polar surface area (TPSA) is 82.6 Å². The minimum absolute atomic E-state index is 0.280. The number of benzene rings is 1. The van der Waals surface area contributed by atoms with E-state index in [0.717, 1.165) is 18.4 Å². The second kappa shape index (κ2) is 8.12. The Labute approximate surface area is 138 Å². The van der Waals surface area contributed by atoms with Crippen LogP contribution in [-0.4, -0.2) is 40.6 Å². The summed E-state index contributed by atoms with van der Waals surface area (Å²) in [5.41, 5.74) is 1.03. The van der Waals surface area contributed by atoms with Crippen molar-refractivity contribution in [3.8, 4) is 0 Å². The predicted octanol–water partition coefficient (Wildman–Crippen LogP) is 1.16. The Kier molecular flexibility index (Phi) is 6.18. The molecule has 1 aliphatic carbocycles. The van der Waals surface area contributed by atoms with E-state index in [1.165, 1.54) is 0 Å². The Morgan fingerprint density at radius 3 is 2.43 bits per heavy atom. The zero-order chi connectivity index (χ0) is 16.7. The molecule has 1 aromatic rings. The van der Waals surface area contributed by atoms with Gasteiger partial charge in [0.05, 0.1) is 4.90 Å². The van der Waals surface area contributed by atoms with Crippen molar-refractivity contribution in [2.75, 3.05) is 20.1 Å². The van der Waals surface area contributed by atoms with E-state index in [9.17, 15) is 8.42 Å². The standard InChI is InChI=1S/C16H24N4O2S/c1-13-7-9-15(10-8-13)23(21,22)19-12-11-18-16(17-2)20-14-5-3-4-6-14/h3-4,7-10,14,19H,5-6,11-12H2,1-2H3,(H2,17,18,20). The molecule has 0 radical (unpaired) electrons. The van der Waals surface area contributed by atoms with Crippen molar-refractivity contribution >= 4 is 16.0 Å². The molecule has 0 fully saturated rings. The highest BCUT2D eigenvalue weighted by atomic mass is 32.2. The lowest BCUT2D eigenvalue weighted by molar-refractivity contribution is 0.579. The average molecular weight is 336 g/mol. The van der Waals surface area contributed by atoms with Crippen molar-refractivity contribution in [2.45, 2.75) is 30.7 Å². The fourth-order valence-corrected chi connectivity index (χ4v) is 3.32. The Bertz CT molecular complexity index is 658. The van der Waals surface area contributed by atoms with E-state index in [1.807, 2.05) is 6.92 Å². The minimum Gasteiger partial charge on any atom is -0.355 e. The summed E-state index contributed by atoms with van der Waals surface area (Å²) in [5.74, 6) is 0.688. The van der Waals surface area contributed by atoms with Crippen molar-refractivity contribution < 1.29 is 8.42 Å². The molecule has 0 amide bonds. The third-order valence-electron chi connectivity index (χ3n) is 3.61. The van der Waals surface area contributed by atoms with Crippen LogP contribution in [0.15, 0.2) is 46.3 Å². The SMILES string of the molecule is CN=C(NCCNS(=O)(=O)c1ccc(C)cc1)NC1CC=CC1. The van der Waals surface area contributed by atoms with Crippen LogP contribution in [0.3, 0.4) is 0 Å². The summed E-state index contributed by atoms with van der Waals surface area (Å²) in [6.07, 6.45) is 6.25. The van der Waals surface area contributed by atoms with Gasteiger partial charge in [-0.1, -0.05) is 29.8 Å². The summed E-state index contributed by atoms with van der Waals surface area (Å²) < 4.78 is 26.9. The molecular formula is C16H24N4O2S. The van der Waals surface area contributed by atoms with E-state index in [-0.39, 0.29) is 4.90 Å². The van der Waals surface area contributed by atoms with Gasteiger partial charge in [-0.15, -0.1) is 0 Å². The molecule has 0 unspecified atom stereocenters. The molecule has 0 saturated carbocycles. The number of rotatable bonds is 6. The molecule has 1 aliphatic rings. The van der Waals surface area contributed by atoms with Crippen LogP contribution in [0, 0.1) is 6.92 Å². The summed E-state index contributed by atoms with van der Waals surface area (Å²) in [4.78, 5) is 4.42. The van der Waals surface area contributed by atoms with Gasteiger partial charge < -0.3 is 10.6 Å². The molecule has 0 saturated heterocycles. The van der Waals surface area contributed by atoms with Gasteiger partial charge in [-0.25, -0.2) is 13.1 Å². The van der Waals surface area contributed by atoms with Gasteiger partial charge in [-0.3, -0.25) is 4.99 Å². The molecule has 0 bridgehead atoms. The first-order chi connectivity index (χ1) is 11.0. The maximum absolute atomic E-state index is 12.1. The fourth-order valence-electron chi connectivity index (χ4n) is 2.29. The molecule has 0 aromatic heterocycles. The van der Waals surface area contributed by atoms with Crippen molar-refractivity contribution in [2.24, 2.45) is 4.99 Å². The van der Waals surface area contributed by atoms with Crippen molar-refractivity contribution in [1.82, 2.24) is 15.4 Å². The second-order valence-corrected chi connectivity index (χ2v) is 7.26. The Hall–Kier alpha value is -1.86.